The van der Waals surface area contributed by atoms with Gasteiger partial charge in [-0.3, -0.25) is 9.79 Å². The summed E-state index contributed by atoms with van der Waals surface area (Å²) < 4.78 is 10.3. The predicted molar refractivity (Wildman–Crippen MR) is 110 cm³/mol. The van der Waals surface area contributed by atoms with E-state index in [0.717, 1.165) is 5.69 Å². The fourth-order valence-electron chi connectivity index (χ4n) is 2.54. The maximum absolute atomic E-state index is 12.2. The Kier molecular flexibility index (Phi) is 10.4. The fraction of sp³-hybridized carbons (Fsp3) is 0.529. The number of nitrogens with zero attached hydrogens (tertiary/aromatic N) is 2. The van der Waals surface area contributed by atoms with E-state index in [1.165, 1.54) is 0 Å². The number of carbonyl (C=O) groups is 1. The molecule has 0 bridgehead atoms. The molecule has 2 rings (SSSR count). The molecular weight excluding hydrogens is 435 g/mol. The molecule has 0 saturated carbocycles. The topological polar surface area (TPSA) is 75.2 Å². The highest BCUT2D eigenvalue weighted by Gasteiger charge is 2.30. The number of halogens is 1. The van der Waals surface area contributed by atoms with Gasteiger partial charge in [0.1, 0.15) is 0 Å². The molecule has 0 spiro atoms. The summed E-state index contributed by atoms with van der Waals surface area (Å²) in [6, 6.07) is 9.76. The van der Waals surface area contributed by atoms with Gasteiger partial charge in [-0.15, -0.1) is 24.0 Å². The summed E-state index contributed by atoms with van der Waals surface area (Å²) in [5, 5.41) is 6.48. The number of methoxy groups -OCH3 is 1. The summed E-state index contributed by atoms with van der Waals surface area (Å²) in [6.45, 7) is 3.02. The molecule has 1 aromatic carbocycles. The second kappa shape index (κ2) is 12.0. The van der Waals surface area contributed by atoms with Gasteiger partial charge >= 0.3 is 0 Å². The lowest BCUT2D eigenvalue weighted by Crippen LogP contribution is -2.45. The van der Waals surface area contributed by atoms with E-state index < -0.39 is 0 Å². The first kappa shape index (κ1) is 21.7. The Morgan fingerprint density at radius 1 is 1.28 bits per heavy atom. The van der Waals surface area contributed by atoms with E-state index in [0.29, 0.717) is 45.3 Å². The zero-order chi connectivity index (χ0) is 17.2. The number of carbonyl (C=O) groups excluding carboxylic acids is 1. The number of aliphatic imine (C=N–C) groups is 1. The zero-order valence-electron chi connectivity index (χ0n) is 14.7. The van der Waals surface area contributed by atoms with Crippen molar-refractivity contribution in [3.8, 4) is 0 Å². The summed E-state index contributed by atoms with van der Waals surface area (Å²) in [7, 11) is 3.36. The number of para-hydroxylation sites is 1. The Morgan fingerprint density at radius 2 is 2.04 bits per heavy atom. The van der Waals surface area contributed by atoms with Crippen LogP contribution in [0.1, 0.15) is 6.42 Å². The number of nitrogens with one attached hydrogen (secondary N) is 2. The minimum Gasteiger partial charge on any atom is -0.382 e. The van der Waals surface area contributed by atoms with Crippen molar-refractivity contribution in [2.75, 3.05) is 52.0 Å². The van der Waals surface area contributed by atoms with E-state index in [1.54, 1.807) is 19.1 Å². The second-order valence-electron chi connectivity index (χ2n) is 5.49. The third kappa shape index (κ3) is 7.17. The molecule has 1 fully saturated rings. The SMILES string of the molecule is CN=C(NCCOCCOC)NC1CC(=O)N(c2ccccc2)C1.I. The van der Waals surface area contributed by atoms with Gasteiger partial charge in [0.2, 0.25) is 5.91 Å². The molecule has 1 aliphatic rings. The molecule has 0 aliphatic carbocycles. The van der Waals surface area contributed by atoms with Crippen LogP contribution in [0.2, 0.25) is 0 Å². The molecular formula is C17H27IN4O3. The lowest BCUT2D eigenvalue weighted by molar-refractivity contribution is -0.117. The van der Waals surface area contributed by atoms with Crippen LogP contribution in [0.5, 0.6) is 0 Å². The van der Waals surface area contributed by atoms with Crippen molar-refractivity contribution in [1.82, 2.24) is 10.6 Å². The Morgan fingerprint density at radius 3 is 2.72 bits per heavy atom. The van der Waals surface area contributed by atoms with Gasteiger partial charge in [0.15, 0.2) is 5.96 Å². The Balaban J connectivity index is 0.00000312. The molecule has 8 heteroatoms. The standard InChI is InChI=1S/C17H26N4O3.HI/c1-18-17(19-8-9-24-11-10-23-2)20-14-12-16(22)21(13-14)15-6-4-3-5-7-15;/h3-7,14H,8-13H2,1-2H3,(H2,18,19,20);1H. The maximum Gasteiger partial charge on any atom is 0.229 e. The predicted octanol–water partition coefficient (Wildman–Crippen LogP) is 1.24. The number of rotatable bonds is 8. The van der Waals surface area contributed by atoms with E-state index in [-0.39, 0.29) is 35.9 Å². The highest BCUT2D eigenvalue weighted by molar-refractivity contribution is 14.0. The third-order valence-corrected chi connectivity index (χ3v) is 3.73. The van der Waals surface area contributed by atoms with Crippen molar-refractivity contribution in [3.05, 3.63) is 30.3 Å². The van der Waals surface area contributed by atoms with Crippen LogP contribution in [0.25, 0.3) is 0 Å². The minimum atomic E-state index is 0. The van der Waals surface area contributed by atoms with Crippen molar-refractivity contribution >= 4 is 41.5 Å². The Hall–Kier alpha value is -1.39. The van der Waals surface area contributed by atoms with Gasteiger partial charge in [-0.2, -0.15) is 0 Å². The first-order valence-corrected chi connectivity index (χ1v) is 8.14. The number of anilines is 1. The van der Waals surface area contributed by atoms with Gasteiger partial charge in [0.25, 0.3) is 0 Å². The smallest absolute Gasteiger partial charge is 0.229 e. The van der Waals surface area contributed by atoms with Crippen LogP contribution in [0.4, 0.5) is 5.69 Å². The van der Waals surface area contributed by atoms with Crippen molar-refractivity contribution in [1.29, 1.82) is 0 Å². The number of hydrogen-bond donors (Lipinski definition) is 2. The lowest BCUT2D eigenvalue weighted by Gasteiger charge is -2.19. The molecule has 1 saturated heterocycles. The lowest BCUT2D eigenvalue weighted by atomic mass is 10.2. The minimum absolute atomic E-state index is 0. The summed E-state index contributed by atoms with van der Waals surface area (Å²) in [5.74, 6) is 0.801. The monoisotopic (exact) mass is 462 g/mol. The van der Waals surface area contributed by atoms with Crippen molar-refractivity contribution < 1.29 is 14.3 Å². The largest absolute Gasteiger partial charge is 0.382 e. The first-order chi connectivity index (χ1) is 11.7. The van der Waals surface area contributed by atoms with E-state index in [9.17, 15) is 4.79 Å². The van der Waals surface area contributed by atoms with Gasteiger partial charge in [-0.25, -0.2) is 0 Å². The average Bonchev–Trinajstić information content (AvgIpc) is 2.98. The molecule has 1 amide bonds. The van der Waals surface area contributed by atoms with Crippen LogP contribution in [0, 0.1) is 0 Å². The van der Waals surface area contributed by atoms with E-state index in [4.69, 9.17) is 9.47 Å². The molecule has 2 N–H and O–H groups in total. The van der Waals surface area contributed by atoms with Gasteiger partial charge in [-0.05, 0) is 12.1 Å². The van der Waals surface area contributed by atoms with Crippen LogP contribution in [0.3, 0.4) is 0 Å². The molecule has 0 radical (unpaired) electrons. The summed E-state index contributed by atoms with van der Waals surface area (Å²) in [6.07, 6.45) is 0.458. The van der Waals surface area contributed by atoms with Crippen LogP contribution >= 0.6 is 24.0 Å². The number of ether oxygens (including phenoxy) is 2. The van der Waals surface area contributed by atoms with Crippen LogP contribution in [-0.4, -0.2) is 65.0 Å². The third-order valence-electron chi connectivity index (χ3n) is 3.73. The zero-order valence-corrected chi connectivity index (χ0v) is 17.1. The average molecular weight is 462 g/mol. The molecule has 0 aromatic heterocycles. The highest BCUT2D eigenvalue weighted by Crippen LogP contribution is 2.20. The number of benzene rings is 1. The normalized spacial score (nSPS) is 17.4. The Labute approximate surface area is 166 Å². The molecule has 1 atom stereocenters. The van der Waals surface area contributed by atoms with Gasteiger partial charge in [0, 0.05) is 39.4 Å². The Bertz CT molecular complexity index is 542. The quantitative estimate of drug-likeness (QED) is 0.263. The van der Waals surface area contributed by atoms with E-state index in [2.05, 4.69) is 15.6 Å². The second-order valence-corrected chi connectivity index (χ2v) is 5.49. The van der Waals surface area contributed by atoms with Gasteiger partial charge in [0.05, 0.1) is 25.9 Å². The molecule has 25 heavy (non-hydrogen) atoms. The van der Waals surface area contributed by atoms with Gasteiger partial charge < -0.3 is 25.0 Å². The number of guanidine groups is 1. The highest BCUT2D eigenvalue weighted by atomic mass is 127. The van der Waals surface area contributed by atoms with E-state index in [1.807, 2.05) is 30.3 Å². The summed E-state index contributed by atoms with van der Waals surface area (Å²) in [5.41, 5.74) is 0.932. The van der Waals surface area contributed by atoms with Crippen LogP contribution in [0.15, 0.2) is 35.3 Å². The molecule has 1 heterocycles. The summed E-state index contributed by atoms with van der Waals surface area (Å²) >= 11 is 0. The maximum atomic E-state index is 12.2. The molecule has 1 aromatic rings. The first-order valence-electron chi connectivity index (χ1n) is 8.14. The molecule has 7 nitrogen and oxygen atoms in total. The van der Waals surface area contributed by atoms with Gasteiger partial charge in [-0.1, -0.05) is 18.2 Å². The fourth-order valence-corrected chi connectivity index (χ4v) is 2.54. The molecule has 1 unspecified atom stereocenters. The number of amides is 1. The van der Waals surface area contributed by atoms with Crippen LogP contribution < -0.4 is 15.5 Å². The molecule has 140 valence electrons. The number of hydrogen-bond acceptors (Lipinski definition) is 4. The van der Waals surface area contributed by atoms with Crippen molar-refractivity contribution in [2.45, 2.75) is 12.5 Å². The van der Waals surface area contributed by atoms with E-state index >= 15 is 0 Å². The molecule has 1 aliphatic heterocycles. The van der Waals surface area contributed by atoms with Crippen LogP contribution in [-0.2, 0) is 14.3 Å². The van der Waals surface area contributed by atoms with Crippen molar-refractivity contribution in [3.63, 3.8) is 0 Å². The van der Waals surface area contributed by atoms with Crippen molar-refractivity contribution in [2.24, 2.45) is 4.99 Å². The summed E-state index contributed by atoms with van der Waals surface area (Å²) in [4.78, 5) is 18.2.